The fraction of sp³-hybridized carbons (Fsp3) is 0.118. The van der Waals surface area contributed by atoms with Crippen molar-refractivity contribution in [2.24, 2.45) is 7.05 Å². The highest BCUT2D eigenvalue weighted by atomic mass is 79.9. The van der Waals surface area contributed by atoms with Crippen molar-refractivity contribution in [3.05, 3.63) is 58.6 Å². The highest BCUT2D eigenvalue weighted by Gasteiger charge is 2.18. The van der Waals surface area contributed by atoms with Crippen LogP contribution in [0, 0.1) is 6.92 Å². The molecule has 0 radical (unpaired) electrons. The topological polar surface area (TPSA) is 43.8 Å². The minimum atomic E-state index is 0.664. The summed E-state index contributed by atoms with van der Waals surface area (Å²) in [6.45, 7) is 2.07. The van der Waals surface area contributed by atoms with Crippen LogP contribution in [0.1, 0.15) is 5.56 Å². The quantitative estimate of drug-likeness (QED) is 0.750. The zero-order chi connectivity index (χ0) is 15.0. The van der Waals surface area contributed by atoms with E-state index >= 15 is 0 Å². The van der Waals surface area contributed by atoms with Crippen molar-refractivity contribution < 1.29 is 0 Å². The van der Waals surface area contributed by atoms with Crippen LogP contribution in [0.3, 0.4) is 0 Å². The molecule has 0 spiro atoms. The van der Waals surface area contributed by atoms with E-state index in [4.69, 9.17) is 5.73 Å². The second-order valence-corrected chi connectivity index (χ2v) is 5.93. The number of halogens is 1. The minimum absolute atomic E-state index is 0.664. The van der Waals surface area contributed by atoms with E-state index in [-0.39, 0.29) is 0 Å². The summed E-state index contributed by atoms with van der Waals surface area (Å²) in [5.41, 5.74) is 11.5. The number of nitrogens with two attached hydrogens (primary N) is 1. The Hall–Kier alpha value is -2.07. The van der Waals surface area contributed by atoms with Crippen molar-refractivity contribution in [1.29, 1.82) is 0 Å². The summed E-state index contributed by atoms with van der Waals surface area (Å²) in [4.78, 5) is 0. The summed E-state index contributed by atoms with van der Waals surface area (Å²) >= 11 is 3.60. The van der Waals surface area contributed by atoms with Gasteiger partial charge in [0.15, 0.2) is 0 Å². The standard InChI is InChI=1S/C17H16BrN3/c1-11-7-9-12(10-8-11)16-15(17(19)21(2)20-16)13-5-3-4-6-14(13)18/h3-10H,19H2,1-2H3. The highest BCUT2D eigenvalue weighted by Crippen LogP contribution is 2.39. The number of rotatable bonds is 2. The van der Waals surface area contributed by atoms with Gasteiger partial charge in [0.2, 0.25) is 0 Å². The Kier molecular flexibility index (Phi) is 3.55. The number of hydrogen-bond acceptors (Lipinski definition) is 2. The smallest absolute Gasteiger partial charge is 0.129 e. The lowest BCUT2D eigenvalue weighted by molar-refractivity contribution is 0.782. The van der Waals surface area contributed by atoms with E-state index in [0.717, 1.165) is 26.9 Å². The van der Waals surface area contributed by atoms with Crippen LogP contribution >= 0.6 is 15.9 Å². The number of nitrogen functional groups attached to an aromatic ring is 1. The molecule has 0 unspecified atom stereocenters. The first kappa shape index (κ1) is 13.9. The monoisotopic (exact) mass is 341 g/mol. The molecule has 2 aromatic carbocycles. The Morgan fingerprint density at radius 2 is 1.71 bits per heavy atom. The van der Waals surface area contributed by atoms with Crippen molar-refractivity contribution in [3.8, 4) is 22.4 Å². The molecule has 0 aliphatic heterocycles. The van der Waals surface area contributed by atoms with E-state index in [2.05, 4.69) is 58.3 Å². The maximum atomic E-state index is 6.25. The lowest BCUT2D eigenvalue weighted by atomic mass is 10.0. The molecule has 3 rings (SSSR count). The van der Waals surface area contributed by atoms with E-state index in [1.165, 1.54) is 5.56 Å². The normalized spacial score (nSPS) is 10.8. The Labute approximate surface area is 132 Å². The van der Waals surface area contributed by atoms with Gasteiger partial charge in [0, 0.05) is 22.6 Å². The summed E-state index contributed by atoms with van der Waals surface area (Å²) in [6, 6.07) is 16.4. The molecule has 0 saturated heterocycles. The Morgan fingerprint density at radius 1 is 1.05 bits per heavy atom. The van der Waals surface area contributed by atoms with E-state index in [1.54, 1.807) is 4.68 Å². The van der Waals surface area contributed by atoms with Gasteiger partial charge in [0.1, 0.15) is 11.5 Å². The SMILES string of the molecule is Cc1ccc(-c2nn(C)c(N)c2-c2ccccc2Br)cc1. The van der Waals surface area contributed by atoms with Gasteiger partial charge in [0.05, 0.1) is 5.56 Å². The van der Waals surface area contributed by atoms with Gasteiger partial charge in [0.25, 0.3) is 0 Å². The third-order valence-corrected chi connectivity index (χ3v) is 4.25. The van der Waals surface area contributed by atoms with Gasteiger partial charge in [-0.05, 0) is 13.0 Å². The molecule has 1 aromatic heterocycles. The molecule has 0 fully saturated rings. The number of anilines is 1. The average molecular weight is 342 g/mol. The summed E-state index contributed by atoms with van der Waals surface area (Å²) in [5.74, 6) is 0.664. The molecule has 2 N–H and O–H groups in total. The third kappa shape index (κ3) is 2.47. The van der Waals surface area contributed by atoms with Crippen molar-refractivity contribution >= 4 is 21.7 Å². The van der Waals surface area contributed by atoms with Crippen LogP contribution in [-0.4, -0.2) is 9.78 Å². The van der Waals surface area contributed by atoms with Gasteiger partial charge in [-0.3, -0.25) is 4.68 Å². The van der Waals surface area contributed by atoms with E-state index in [9.17, 15) is 0 Å². The molecule has 0 saturated carbocycles. The van der Waals surface area contributed by atoms with Gasteiger partial charge < -0.3 is 5.73 Å². The molecule has 3 aromatic rings. The molecule has 0 aliphatic carbocycles. The summed E-state index contributed by atoms with van der Waals surface area (Å²) in [6.07, 6.45) is 0. The molecule has 0 aliphatic rings. The van der Waals surface area contributed by atoms with Gasteiger partial charge >= 0.3 is 0 Å². The first-order valence-electron chi connectivity index (χ1n) is 6.72. The number of hydrogen-bond donors (Lipinski definition) is 1. The highest BCUT2D eigenvalue weighted by molar-refractivity contribution is 9.10. The number of nitrogens with zero attached hydrogens (tertiary/aromatic N) is 2. The fourth-order valence-corrected chi connectivity index (χ4v) is 2.86. The molecule has 1 heterocycles. The van der Waals surface area contributed by atoms with Gasteiger partial charge in [-0.15, -0.1) is 0 Å². The van der Waals surface area contributed by atoms with Gasteiger partial charge in [-0.1, -0.05) is 64.0 Å². The second kappa shape index (κ2) is 5.37. The van der Waals surface area contributed by atoms with Crippen LogP contribution in [0.25, 0.3) is 22.4 Å². The molecule has 0 atom stereocenters. The Morgan fingerprint density at radius 3 is 2.38 bits per heavy atom. The first-order chi connectivity index (χ1) is 10.1. The lowest BCUT2D eigenvalue weighted by Gasteiger charge is -2.07. The molecule has 21 heavy (non-hydrogen) atoms. The number of aryl methyl sites for hydroxylation is 2. The van der Waals surface area contributed by atoms with Crippen molar-refractivity contribution in [1.82, 2.24) is 9.78 Å². The van der Waals surface area contributed by atoms with E-state index in [1.807, 2.05) is 25.2 Å². The maximum absolute atomic E-state index is 6.25. The van der Waals surface area contributed by atoms with Gasteiger partial charge in [-0.25, -0.2) is 0 Å². The second-order valence-electron chi connectivity index (χ2n) is 5.08. The van der Waals surface area contributed by atoms with Crippen LogP contribution in [0.2, 0.25) is 0 Å². The van der Waals surface area contributed by atoms with Crippen molar-refractivity contribution in [2.75, 3.05) is 5.73 Å². The van der Waals surface area contributed by atoms with Gasteiger partial charge in [-0.2, -0.15) is 5.10 Å². The van der Waals surface area contributed by atoms with E-state index < -0.39 is 0 Å². The zero-order valence-electron chi connectivity index (χ0n) is 12.0. The molecule has 3 nitrogen and oxygen atoms in total. The van der Waals surface area contributed by atoms with Crippen molar-refractivity contribution in [3.63, 3.8) is 0 Å². The summed E-state index contributed by atoms with van der Waals surface area (Å²) in [5, 5.41) is 4.60. The molecule has 4 heteroatoms. The van der Waals surface area contributed by atoms with Crippen LogP contribution in [-0.2, 0) is 7.05 Å². The molecule has 0 amide bonds. The molecular formula is C17H16BrN3. The first-order valence-corrected chi connectivity index (χ1v) is 7.51. The maximum Gasteiger partial charge on any atom is 0.129 e. The Balaban J connectivity index is 2.26. The lowest BCUT2D eigenvalue weighted by Crippen LogP contribution is -1.98. The minimum Gasteiger partial charge on any atom is -0.383 e. The zero-order valence-corrected chi connectivity index (χ0v) is 13.6. The van der Waals surface area contributed by atoms with Crippen LogP contribution in [0.15, 0.2) is 53.0 Å². The van der Waals surface area contributed by atoms with Crippen LogP contribution < -0.4 is 5.73 Å². The van der Waals surface area contributed by atoms with Crippen molar-refractivity contribution in [2.45, 2.75) is 6.92 Å². The number of benzene rings is 2. The molecule has 0 bridgehead atoms. The predicted molar refractivity (Wildman–Crippen MR) is 90.9 cm³/mol. The average Bonchev–Trinajstić information content (AvgIpc) is 2.77. The summed E-state index contributed by atoms with van der Waals surface area (Å²) < 4.78 is 2.74. The molecular weight excluding hydrogens is 326 g/mol. The van der Waals surface area contributed by atoms with Crippen LogP contribution in [0.5, 0.6) is 0 Å². The number of aromatic nitrogens is 2. The largest absolute Gasteiger partial charge is 0.383 e. The third-order valence-electron chi connectivity index (χ3n) is 3.56. The van der Waals surface area contributed by atoms with E-state index in [0.29, 0.717) is 5.82 Å². The molecule has 106 valence electrons. The predicted octanol–water partition coefficient (Wildman–Crippen LogP) is 4.41. The van der Waals surface area contributed by atoms with Crippen LogP contribution in [0.4, 0.5) is 5.82 Å². The Bertz CT molecular complexity index is 788. The summed E-state index contributed by atoms with van der Waals surface area (Å²) in [7, 11) is 1.87. The fourth-order valence-electron chi connectivity index (χ4n) is 2.38.